The van der Waals surface area contributed by atoms with Crippen LogP contribution in [-0.2, 0) is 4.74 Å². The van der Waals surface area contributed by atoms with E-state index in [0.29, 0.717) is 16.4 Å². The van der Waals surface area contributed by atoms with E-state index in [0.717, 1.165) is 32.0 Å². The minimum Gasteiger partial charge on any atom is -0.465 e. The van der Waals surface area contributed by atoms with Crippen LogP contribution in [0.3, 0.4) is 0 Å². The SMILES string of the molecule is COC(=O)c1ccccc1NC(=S)N1CCN(c2cnccn2)CC1. The van der Waals surface area contributed by atoms with Gasteiger partial charge in [0.1, 0.15) is 5.82 Å². The number of thiocarbonyl (C=S) groups is 1. The third-order valence-corrected chi connectivity index (χ3v) is 4.37. The molecule has 0 unspecified atom stereocenters. The summed E-state index contributed by atoms with van der Waals surface area (Å²) >= 11 is 5.51. The fourth-order valence-corrected chi connectivity index (χ4v) is 2.96. The molecule has 0 saturated carbocycles. The second-order valence-corrected chi connectivity index (χ2v) is 5.89. The number of anilines is 2. The van der Waals surface area contributed by atoms with E-state index < -0.39 is 5.97 Å². The molecule has 130 valence electrons. The number of carbonyl (C=O) groups is 1. The second kappa shape index (κ2) is 7.89. The number of benzene rings is 1. The highest BCUT2D eigenvalue weighted by molar-refractivity contribution is 7.80. The molecule has 1 N–H and O–H groups in total. The van der Waals surface area contributed by atoms with Crippen LogP contribution in [0.1, 0.15) is 10.4 Å². The standard InChI is InChI=1S/C17H19N5O2S/c1-24-16(23)13-4-2-3-5-14(13)20-17(25)22-10-8-21(9-11-22)15-12-18-6-7-19-15/h2-7,12H,8-11H2,1H3,(H,20,25). The molecular formula is C17H19N5O2S. The van der Waals surface area contributed by atoms with Gasteiger partial charge in [0.2, 0.25) is 0 Å². The summed E-state index contributed by atoms with van der Waals surface area (Å²) in [6.07, 6.45) is 5.12. The first-order chi connectivity index (χ1) is 12.2. The zero-order valence-corrected chi connectivity index (χ0v) is 14.7. The lowest BCUT2D eigenvalue weighted by molar-refractivity contribution is 0.0602. The molecule has 1 aromatic carbocycles. The molecule has 1 fully saturated rings. The van der Waals surface area contributed by atoms with Crippen molar-refractivity contribution < 1.29 is 9.53 Å². The fourth-order valence-electron chi connectivity index (χ4n) is 2.67. The van der Waals surface area contributed by atoms with Gasteiger partial charge in [-0.05, 0) is 24.4 Å². The van der Waals surface area contributed by atoms with E-state index in [1.54, 1.807) is 30.7 Å². The highest BCUT2D eigenvalue weighted by Crippen LogP contribution is 2.18. The van der Waals surface area contributed by atoms with Crippen LogP contribution < -0.4 is 10.2 Å². The molecule has 8 heteroatoms. The zero-order valence-electron chi connectivity index (χ0n) is 13.9. The summed E-state index contributed by atoms with van der Waals surface area (Å²) < 4.78 is 4.81. The number of rotatable bonds is 3. The maximum atomic E-state index is 11.9. The molecule has 0 spiro atoms. The summed E-state index contributed by atoms with van der Waals surface area (Å²) in [4.78, 5) is 24.5. The first-order valence-corrected chi connectivity index (χ1v) is 8.34. The molecule has 2 heterocycles. The number of hydrogen-bond acceptors (Lipinski definition) is 6. The molecule has 0 amide bonds. The molecular weight excluding hydrogens is 338 g/mol. The van der Waals surface area contributed by atoms with E-state index in [1.165, 1.54) is 7.11 Å². The van der Waals surface area contributed by atoms with Crippen LogP contribution in [0, 0.1) is 0 Å². The Labute approximate surface area is 151 Å². The highest BCUT2D eigenvalue weighted by Gasteiger charge is 2.21. The molecule has 3 rings (SSSR count). The Hall–Kier alpha value is -2.74. The number of piperazine rings is 1. The second-order valence-electron chi connectivity index (χ2n) is 5.51. The Morgan fingerprint density at radius 1 is 1.20 bits per heavy atom. The van der Waals surface area contributed by atoms with Gasteiger partial charge in [-0.2, -0.15) is 0 Å². The topological polar surface area (TPSA) is 70.6 Å². The summed E-state index contributed by atoms with van der Waals surface area (Å²) in [6, 6.07) is 7.17. The summed E-state index contributed by atoms with van der Waals surface area (Å²) in [5.74, 6) is 0.482. The predicted octanol–water partition coefficient (Wildman–Crippen LogP) is 1.78. The lowest BCUT2D eigenvalue weighted by Gasteiger charge is -2.36. The Morgan fingerprint density at radius 2 is 1.96 bits per heavy atom. The highest BCUT2D eigenvalue weighted by atomic mass is 32.1. The minimum atomic E-state index is -0.390. The van der Waals surface area contributed by atoms with Crippen LogP contribution in [0.4, 0.5) is 11.5 Å². The van der Waals surface area contributed by atoms with Crippen molar-refractivity contribution in [2.24, 2.45) is 0 Å². The monoisotopic (exact) mass is 357 g/mol. The van der Waals surface area contributed by atoms with E-state index in [2.05, 4.69) is 25.1 Å². The van der Waals surface area contributed by atoms with Crippen molar-refractivity contribution in [2.45, 2.75) is 0 Å². The molecule has 0 aliphatic carbocycles. The molecule has 0 radical (unpaired) electrons. The Bertz CT molecular complexity index is 748. The number of nitrogens with one attached hydrogen (secondary N) is 1. The van der Waals surface area contributed by atoms with E-state index in [9.17, 15) is 4.79 Å². The van der Waals surface area contributed by atoms with Crippen molar-refractivity contribution in [3.63, 3.8) is 0 Å². The number of esters is 1. The zero-order chi connectivity index (χ0) is 17.6. The van der Waals surface area contributed by atoms with Gasteiger partial charge in [-0.25, -0.2) is 9.78 Å². The number of nitrogens with zero attached hydrogens (tertiary/aromatic N) is 4. The summed E-state index contributed by atoms with van der Waals surface area (Å²) in [5, 5.41) is 3.75. The van der Waals surface area contributed by atoms with E-state index in [1.807, 2.05) is 12.1 Å². The van der Waals surface area contributed by atoms with Gasteiger partial charge in [-0.15, -0.1) is 0 Å². The molecule has 1 aliphatic heterocycles. The molecule has 0 atom stereocenters. The summed E-state index contributed by atoms with van der Waals surface area (Å²) in [7, 11) is 1.36. The van der Waals surface area contributed by atoms with Crippen molar-refractivity contribution in [3.05, 3.63) is 48.4 Å². The number of hydrogen-bond donors (Lipinski definition) is 1. The van der Waals surface area contributed by atoms with Gasteiger partial charge in [0.25, 0.3) is 0 Å². The largest absolute Gasteiger partial charge is 0.465 e. The van der Waals surface area contributed by atoms with E-state index >= 15 is 0 Å². The average Bonchev–Trinajstić information content (AvgIpc) is 2.68. The Morgan fingerprint density at radius 3 is 2.64 bits per heavy atom. The van der Waals surface area contributed by atoms with Gasteiger partial charge in [-0.1, -0.05) is 12.1 Å². The number of ether oxygens (including phenoxy) is 1. The van der Waals surface area contributed by atoms with Crippen LogP contribution in [0.2, 0.25) is 0 Å². The van der Waals surface area contributed by atoms with Gasteiger partial charge in [0.15, 0.2) is 5.11 Å². The molecule has 25 heavy (non-hydrogen) atoms. The fraction of sp³-hybridized carbons (Fsp3) is 0.294. The number of aromatic nitrogens is 2. The average molecular weight is 357 g/mol. The van der Waals surface area contributed by atoms with Crippen molar-refractivity contribution in [2.75, 3.05) is 43.5 Å². The molecule has 1 aliphatic rings. The summed E-state index contributed by atoms with van der Waals surface area (Å²) in [6.45, 7) is 3.14. The maximum absolute atomic E-state index is 11.9. The quantitative estimate of drug-likeness (QED) is 0.658. The van der Waals surface area contributed by atoms with Crippen molar-refractivity contribution in [3.8, 4) is 0 Å². The normalized spacial score (nSPS) is 14.1. The van der Waals surface area contributed by atoms with Crippen molar-refractivity contribution in [1.29, 1.82) is 0 Å². The van der Waals surface area contributed by atoms with Crippen molar-refractivity contribution >= 4 is 34.8 Å². The Balaban J connectivity index is 1.61. The lowest BCUT2D eigenvalue weighted by Crippen LogP contribution is -2.50. The van der Waals surface area contributed by atoms with Gasteiger partial charge in [0, 0.05) is 38.6 Å². The molecule has 2 aromatic rings. The predicted molar refractivity (Wildman–Crippen MR) is 99.8 cm³/mol. The van der Waals surface area contributed by atoms with Crippen LogP contribution >= 0.6 is 12.2 Å². The number of carbonyl (C=O) groups excluding carboxylic acids is 1. The molecule has 7 nitrogen and oxygen atoms in total. The maximum Gasteiger partial charge on any atom is 0.339 e. The van der Waals surface area contributed by atoms with E-state index in [4.69, 9.17) is 17.0 Å². The third kappa shape index (κ3) is 4.03. The first kappa shape index (κ1) is 17.1. The van der Waals surface area contributed by atoms with Gasteiger partial charge < -0.3 is 19.9 Å². The lowest BCUT2D eigenvalue weighted by atomic mass is 10.2. The van der Waals surface area contributed by atoms with Gasteiger partial charge in [0.05, 0.1) is 24.6 Å². The van der Waals surface area contributed by atoms with E-state index in [-0.39, 0.29) is 0 Å². The van der Waals surface area contributed by atoms with Crippen molar-refractivity contribution in [1.82, 2.24) is 14.9 Å². The van der Waals surface area contributed by atoms with Crippen LogP contribution in [0.15, 0.2) is 42.9 Å². The molecule has 1 saturated heterocycles. The third-order valence-electron chi connectivity index (χ3n) is 4.01. The summed E-state index contributed by atoms with van der Waals surface area (Å²) in [5.41, 5.74) is 1.11. The van der Waals surface area contributed by atoms with Crippen LogP contribution in [-0.4, -0.2) is 59.2 Å². The van der Waals surface area contributed by atoms with Gasteiger partial charge in [-0.3, -0.25) is 4.98 Å². The first-order valence-electron chi connectivity index (χ1n) is 7.93. The molecule has 1 aromatic heterocycles. The number of para-hydroxylation sites is 1. The van der Waals surface area contributed by atoms with Gasteiger partial charge >= 0.3 is 5.97 Å². The Kier molecular flexibility index (Phi) is 5.39. The van der Waals surface area contributed by atoms with Crippen LogP contribution in [0.5, 0.6) is 0 Å². The number of methoxy groups -OCH3 is 1. The smallest absolute Gasteiger partial charge is 0.339 e. The minimum absolute atomic E-state index is 0.390. The van der Waals surface area contributed by atoms with Crippen LogP contribution in [0.25, 0.3) is 0 Å². The molecule has 0 bridgehead atoms.